The van der Waals surface area contributed by atoms with Crippen LogP contribution in [0.5, 0.6) is 0 Å². The number of anilines is 1. The van der Waals surface area contributed by atoms with E-state index < -0.39 is 34.3 Å². The highest BCUT2D eigenvalue weighted by Crippen LogP contribution is 2.28. The summed E-state index contributed by atoms with van der Waals surface area (Å²) in [5, 5.41) is 2.65. The summed E-state index contributed by atoms with van der Waals surface area (Å²) in [5.74, 6) is -1.63. The average Bonchev–Trinajstić information content (AvgIpc) is 2.93. The molecule has 3 aromatic rings. The number of amides is 2. The fourth-order valence-electron chi connectivity index (χ4n) is 4.03. The van der Waals surface area contributed by atoms with Crippen molar-refractivity contribution < 1.29 is 22.4 Å². The molecule has 0 bridgehead atoms. The maximum atomic E-state index is 14.0. The molecule has 0 fully saturated rings. The number of sulfonamides is 1. The van der Waals surface area contributed by atoms with E-state index in [4.69, 9.17) is 11.6 Å². The van der Waals surface area contributed by atoms with E-state index >= 15 is 0 Å². The van der Waals surface area contributed by atoms with Gasteiger partial charge in [-0.05, 0) is 55.7 Å². The number of rotatable bonds is 12. The van der Waals surface area contributed by atoms with E-state index in [2.05, 4.69) is 5.32 Å². The summed E-state index contributed by atoms with van der Waals surface area (Å²) in [6, 6.07) is 19.3. The normalized spacial score (nSPS) is 12.8. The molecule has 2 unspecified atom stereocenters. The molecule has 0 aliphatic heterocycles. The van der Waals surface area contributed by atoms with Crippen molar-refractivity contribution in [2.45, 2.75) is 57.1 Å². The number of nitrogens with zero attached hydrogens (tertiary/aromatic N) is 2. The molecule has 10 heteroatoms. The minimum atomic E-state index is -4.26. The first kappa shape index (κ1) is 30.1. The van der Waals surface area contributed by atoms with Gasteiger partial charge in [0, 0.05) is 12.6 Å². The molecule has 0 aromatic heterocycles. The Kier molecular flexibility index (Phi) is 10.5. The van der Waals surface area contributed by atoms with E-state index in [1.54, 1.807) is 25.1 Å². The van der Waals surface area contributed by atoms with Gasteiger partial charge in [-0.3, -0.25) is 13.9 Å². The molecule has 0 aliphatic carbocycles. The molecule has 39 heavy (non-hydrogen) atoms. The second-order valence-corrected chi connectivity index (χ2v) is 11.4. The minimum Gasteiger partial charge on any atom is -0.352 e. The lowest BCUT2D eigenvalue weighted by Gasteiger charge is -2.33. The van der Waals surface area contributed by atoms with Gasteiger partial charge in [0.2, 0.25) is 11.8 Å². The molecule has 7 nitrogen and oxygen atoms in total. The number of halogens is 2. The van der Waals surface area contributed by atoms with Gasteiger partial charge < -0.3 is 10.2 Å². The maximum Gasteiger partial charge on any atom is 0.264 e. The van der Waals surface area contributed by atoms with Gasteiger partial charge >= 0.3 is 0 Å². The monoisotopic (exact) mass is 573 g/mol. The topological polar surface area (TPSA) is 86.8 Å². The molecule has 0 heterocycles. The molecule has 0 saturated heterocycles. The summed E-state index contributed by atoms with van der Waals surface area (Å²) >= 11 is 5.99. The Labute approximate surface area is 234 Å². The molecule has 1 N–H and O–H groups in total. The molecule has 0 spiro atoms. The van der Waals surface area contributed by atoms with Crippen LogP contribution in [0.4, 0.5) is 10.1 Å². The Morgan fingerprint density at radius 3 is 2.13 bits per heavy atom. The van der Waals surface area contributed by atoms with Crippen LogP contribution in [0.1, 0.15) is 39.2 Å². The van der Waals surface area contributed by atoms with Gasteiger partial charge in [-0.15, -0.1) is 0 Å². The Hall–Kier alpha value is -3.43. The van der Waals surface area contributed by atoms with Crippen molar-refractivity contribution in [1.29, 1.82) is 0 Å². The molecular formula is C29H33ClFN3O4S. The summed E-state index contributed by atoms with van der Waals surface area (Å²) < 4.78 is 42.3. The maximum absolute atomic E-state index is 14.0. The van der Waals surface area contributed by atoms with E-state index in [0.29, 0.717) is 12.8 Å². The van der Waals surface area contributed by atoms with Crippen LogP contribution >= 0.6 is 11.6 Å². The van der Waals surface area contributed by atoms with Gasteiger partial charge in [-0.1, -0.05) is 74.0 Å². The predicted octanol–water partition coefficient (Wildman–Crippen LogP) is 5.40. The second kappa shape index (κ2) is 13.6. The zero-order valence-corrected chi connectivity index (χ0v) is 23.8. The van der Waals surface area contributed by atoms with Crippen LogP contribution in [-0.4, -0.2) is 43.8 Å². The van der Waals surface area contributed by atoms with Gasteiger partial charge in [0.1, 0.15) is 18.4 Å². The fraction of sp³-hybridized carbons (Fsp3) is 0.310. The Bertz CT molecular complexity index is 1370. The third-order valence-corrected chi connectivity index (χ3v) is 8.46. The summed E-state index contributed by atoms with van der Waals surface area (Å²) in [6.07, 6.45) is 1.03. The molecule has 2 amide bonds. The number of hydrogen-bond donors (Lipinski definition) is 1. The molecule has 0 saturated carbocycles. The molecular weight excluding hydrogens is 541 g/mol. The molecule has 3 aromatic carbocycles. The van der Waals surface area contributed by atoms with E-state index in [9.17, 15) is 22.4 Å². The molecule has 0 aliphatic rings. The first-order valence-corrected chi connectivity index (χ1v) is 14.6. The quantitative estimate of drug-likeness (QED) is 0.314. The zero-order valence-electron chi connectivity index (χ0n) is 22.2. The highest BCUT2D eigenvalue weighted by molar-refractivity contribution is 7.92. The van der Waals surface area contributed by atoms with Crippen LogP contribution < -0.4 is 9.62 Å². The zero-order chi connectivity index (χ0) is 28.6. The van der Waals surface area contributed by atoms with E-state index in [-0.39, 0.29) is 34.1 Å². The van der Waals surface area contributed by atoms with Crippen LogP contribution in [0.25, 0.3) is 0 Å². The predicted molar refractivity (Wildman–Crippen MR) is 151 cm³/mol. The minimum absolute atomic E-state index is 0.0235. The summed E-state index contributed by atoms with van der Waals surface area (Å²) in [7, 11) is -4.26. The van der Waals surface area contributed by atoms with Gasteiger partial charge in [0.05, 0.1) is 15.6 Å². The van der Waals surface area contributed by atoms with Gasteiger partial charge in [-0.2, -0.15) is 0 Å². The van der Waals surface area contributed by atoms with Gasteiger partial charge in [0.15, 0.2) is 0 Å². The number of benzene rings is 3. The SMILES string of the molecule is CCC(C)NC(=O)C(CC)N(Cc1ccccc1)C(=O)CN(c1ccc(F)c(Cl)c1)S(=O)(=O)c1ccccc1. The lowest BCUT2D eigenvalue weighted by molar-refractivity contribution is -0.140. The number of carbonyl (C=O) groups excluding carboxylic acids is 2. The Morgan fingerprint density at radius 1 is 0.949 bits per heavy atom. The van der Waals surface area contributed by atoms with Gasteiger partial charge in [-0.25, -0.2) is 12.8 Å². The van der Waals surface area contributed by atoms with Crippen LogP contribution in [0, 0.1) is 5.82 Å². The van der Waals surface area contributed by atoms with Crippen molar-refractivity contribution in [3.63, 3.8) is 0 Å². The van der Waals surface area contributed by atoms with Crippen molar-refractivity contribution in [2.75, 3.05) is 10.8 Å². The van der Waals surface area contributed by atoms with Gasteiger partial charge in [0.25, 0.3) is 10.0 Å². The lowest BCUT2D eigenvalue weighted by Crippen LogP contribution is -2.53. The van der Waals surface area contributed by atoms with Crippen LogP contribution in [0.15, 0.2) is 83.8 Å². The fourth-order valence-corrected chi connectivity index (χ4v) is 5.63. The molecule has 0 radical (unpaired) electrons. The average molecular weight is 574 g/mol. The van der Waals surface area contributed by atoms with Crippen molar-refractivity contribution in [2.24, 2.45) is 0 Å². The van der Waals surface area contributed by atoms with Crippen LogP contribution in [0.3, 0.4) is 0 Å². The number of nitrogens with one attached hydrogen (secondary N) is 1. The largest absolute Gasteiger partial charge is 0.352 e. The lowest BCUT2D eigenvalue weighted by atomic mass is 10.1. The highest BCUT2D eigenvalue weighted by atomic mass is 35.5. The van der Waals surface area contributed by atoms with Crippen LogP contribution in [-0.2, 0) is 26.2 Å². The third kappa shape index (κ3) is 7.58. The third-order valence-electron chi connectivity index (χ3n) is 6.38. The van der Waals surface area contributed by atoms with Crippen molar-refractivity contribution in [3.8, 4) is 0 Å². The van der Waals surface area contributed by atoms with E-state index in [0.717, 1.165) is 15.9 Å². The molecule has 2 atom stereocenters. The first-order chi connectivity index (χ1) is 18.6. The standard InChI is InChI=1S/C29H33ClFN3O4S/c1-4-21(3)32-29(36)27(5-2)33(19-22-12-8-6-9-13-22)28(35)20-34(23-16-17-26(31)25(30)18-23)39(37,38)24-14-10-7-11-15-24/h6-18,21,27H,4-5,19-20H2,1-3H3,(H,32,36). The Morgan fingerprint density at radius 2 is 1.56 bits per heavy atom. The summed E-state index contributed by atoms with van der Waals surface area (Å²) in [4.78, 5) is 28.5. The molecule has 3 rings (SSSR count). The number of carbonyl (C=O) groups is 2. The van der Waals surface area contributed by atoms with Crippen molar-refractivity contribution in [1.82, 2.24) is 10.2 Å². The second-order valence-electron chi connectivity index (χ2n) is 9.17. The van der Waals surface area contributed by atoms with Crippen LogP contribution in [0.2, 0.25) is 5.02 Å². The van der Waals surface area contributed by atoms with Crippen molar-refractivity contribution >= 4 is 39.1 Å². The first-order valence-electron chi connectivity index (χ1n) is 12.7. The highest BCUT2D eigenvalue weighted by Gasteiger charge is 2.34. The smallest absolute Gasteiger partial charge is 0.264 e. The summed E-state index contributed by atoms with van der Waals surface area (Å²) in [6.45, 7) is 5.08. The van der Waals surface area contributed by atoms with E-state index in [1.165, 1.54) is 29.2 Å². The number of hydrogen-bond acceptors (Lipinski definition) is 4. The van der Waals surface area contributed by atoms with E-state index in [1.807, 2.05) is 44.2 Å². The molecule has 208 valence electrons. The Balaban J connectivity index is 2.06. The summed E-state index contributed by atoms with van der Waals surface area (Å²) in [5.41, 5.74) is 0.804. The van der Waals surface area contributed by atoms with Crippen molar-refractivity contribution in [3.05, 3.63) is 95.3 Å².